The van der Waals surface area contributed by atoms with Gasteiger partial charge in [-0.1, -0.05) is 0 Å². The number of β-amino-alcohol motifs (C(OH)–C–C–N with tert-alkyl or cyclic N) is 1. The Morgan fingerprint density at radius 1 is 1.25 bits per heavy atom. The number of fused-ring (bicyclic) bond motifs is 1. The van der Waals surface area contributed by atoms with Crippen LogP contribution in [0.4, 0.5) is 11.4 Å². The fourth-order valence-corrected chi connectivity index (χ4v) is 3.43. The van der Waals surface area contributed by atoms with Gasteiger partial charge in [0.1, 0.15) is 11.4 Å². The van der Waals surface area contributed by atoms with Crippen molar-refractivity contribution in [3.05, 3.63) is 28.0 Å². The molecule has 0 aliphatic carbocycles. The summed E-state index contributed by atoms with van der Waals surface area (Å²) in [6.07, 6.45) is 0. The van der Waals surface area contributed by atoms with Crippen molar-refractivity contribution in [3.8, 4) is 5.75 Å². The number of aliphatic hydroxyl groups excluding tert-OH is 1. The van der Waals surface area contributed by atoms with E-state index >= 15 is 0 Å². The van der Waals surface area contributed by atoms with Crippen molar-refractivity contribution in [1.29, 1.82) is 0 Å². The van der Waals surface area contributed by atoms with E-state index in [4.69, 9.17) is 9.47 Å². The molecule has 0 radical (unpaired) electrons. The van der Waals surface area contributed by atoms with Crippen molar-refractivity contribution in [3.63, 3.8) is 0 Å². The van der Waals surface area contributed by atoms with E-state index < -0.39 is 11.9 Å². The van der Waals surface area contributed by atoms with Gasteiger partial charge in [0.05, 0.1) is 31.5 Å². The van der Waals surface area contributed by atoms with Crippen LogP contribution in [0.2, 0.25) is 0 Å². The second kappa shape index (κ2) is 7.51. The number of amides is 2. The molecule has 0 atom stereocenters. The first kappa shape index (κ1) is 19.7. The van der Waals surface area contributed by atoms with Crippen LogP contribution in [0.1, 0.15) is 16.7 Å². The number of anilines is 2. The molecule has 28 heavy (non-hydrogen) atoms. The number of carbonyl (C=O) groups excluding carboxylic acids is 3. The summed E-state index contributed by atoms with van der Waals surface area (Å²) in [4.78, 5) is 38.1. The number of nitrogens with one attached hydrogen (secondary N) is 2. The average Bonchev–Trinajstić information content (AvgIpc) is 2.98. The highest BCUT2D eigenvalue weighted by atomic mass is 16.5. The molecule has 0 saturated heterocycles. The van der Waals surface area contributed by atoms with Gasteiger partial charge in [0, 0.05) is 17.8 Å². The maximum atomic E-state index is 12.8. The van der Waals surface area contributed by atoms with Crippen LogP contribution in [-0.4, -0.2) is 61.2 Å². The number of esters is 1. The zero-order valence-corrected chi connectivity index (χ0v) is 16.3. The largest absolute Gasteiger partial charge is 0.481 e. The zero-order chi connectivity index (χ0) is 20.6. The van der Waals surface area contributed by atoms with E-state index in [1.807, 2.05) is 13.8 Å². The summed E-state index contributed by atoms with van der Waals surface area (Å²) in [5.74, 6) is -0.672. The number of nitrogens with zero attached hydrogens (tertiary/aromatic N) is 1. The molecule has 3 rings (SSSR count). The Balaban J connectivity index is 2.08. The SMILES string of the molecule is COC(=O)C1=C(Nc2c(C)c(C)c3c(c2C)NC(=O)CO3)C(=O)N(CCO)C1. The van der Waals surface area contributed by atoms with Gasteiger partial charge in [-0.05, 0) is 31.9 Å². The number of aliphatic hydroxyl groups is 1. The minimum atomic E-state index is -0.613. The summed E-state index contributed by atoms with van der Waals surface area (Å²) in [6.45, 7) is 5.42. The average molecular weight is 389 g/mol. The fraction of sp³-hybridized carbons (Fsp3) is 0.421. The van der Waals surface area contributed by atoms with Crippen LogP contribution in [0.15, 0.2) is 11.3 Å². The minimum absolute atomic E-state index is 0.0499. The molecule has 0 saturated carbocycles. The summed E-state index contributed by atoms with van der Waals surface area (Å²) in [7, 11) is 1.25. The Morgan fingerprint density at radius 3 is 2.61 bits per heavy atom. The molecule has 0 bridgehead atoms. The first-order valence-electron chi connectivity index (χ1n) is 8.85. The number of carbonyl (C=O) groups is 3. The first-order valence-corrected chi connectivity index (χ1v) is 8.85. The van der Waals surface area contributed by atoms with Crippen molar-refractivity contribution in [2.45, 2.75) is 20.8 Å². The molecular formula is C19H23N3O6. The van der Waals surface area contributed by atoms with Gasteiger partial charge < -0.3 is 30.1 Å². The summed E-state index contributed by atoms with van der Waals surface area (Å²) in [6, 6.07) is 0. The summed E-state index contributed by atoms with van der Waals surface area (Å²) >= 11 is 0. The number of ether oxygens (including phenoxy) is 2. The van der Waals surface area contributed by atoms with Crippen molar-refractivity contribution in [2.75, 3.05) is 44.0 Å². The van der Waals surface area contributed by atoms with E-state index in [9.17, 15) is 19.5 Å². The number of benzene rings is 1. The van der Waals surface area contributed by atoms with Crippen molar-refractivity contribution in [2.24, 2.45) is 0 Å². The Kier molecular flexibility index (Phi) is 5.28. The molecule has 1 aromatic carbocycles. The molecule has 2 heterocycles. The molecule has 9 nitrogen and oxygen atoms in total. The smallest absolute Gasteiger partial charge is 0.337 e. The number of hydrogen-bond donors (Lipinski definition) is 3. The van der Waals surface area contributed by atoms with Crippen LogP contribution in [0.3, 0.4) is 0 Å². The highest BCUT2D eigenvalue weighted by molar-refractivity contribution is 6.09. The van der Waals surface area contributed by atoms with Gasteiger partial charge in [-0.25, -0.2) is 4.79 Å². The second-order valence-electron chi connectivity index (χ2n) is 6.71. The molecule has 1 aromatic rings. The molecule has 3 N–H and O–H groups in total. The quantitative estimate of drug-likeness (QED) is 0.632. The lowest BCUT2D eigenvalue weighted by molar-refractivity contribution is -0.136. The molecular weight excluding hydrogens is 366 g/mol. The maximum Gasteiger partial charge on any atom is 0.337 e. The molecule has 0 fully saturated rings. The minimum Gasteiger partial charge on any atom is -0.481 e. The molecule has 0 spiro atoms. The van der Waals surface area contributed by atoms with E-state index in [1.54, 1.807) is 6.92 Å². The van der Waals surface area contributed by atoms with Gasteiger partial charge in [-0.15, -0.1) is 0 Å². The van der Waals surface area contributed by atoms with Gasteiger partial charge in [-0.3, -0.25) is 9.59 Å². The number of hydrogen-bond acceptors (Lipinski definition) is 7. The highest BCUT2D eigenvalue weighted by Crippen LogP contribution is 2.42. The van der Waals surface area contributed by atoms with E-state index in [1.165, 1.54) is 12.0 Å². The zero-order valence-electron chi connectivity index (χ0n) is 16.3. The molecule has 0 unspecified atom stereocenters. The highest BCUT2D eigenvalue weighted by Gasteiger charge is 2.35. The van der Waals surface area contributed by atoms with Crippen LogP contribution in [0.25, 0.3) is 0 Å². The number of rotatable bonds is 5. The lowest BCUT2D eigenvalue weighted by atomic mass is 9.98. The van der Waals surface area contributed by atoms with Crippen molar-refractivity contribution >= 4 is 29.2 Å². The standard InChI is InChI=1S/C19H23N3O6/c1-9-10(2)17-15(20-13(24)8-28-17)11(3)14(9)21-16-12(19(26)27-4)7-22(5-6-23)18(16)25/h21,23H,5-8H2,1-4H3,(H,20,24). The van der Waals surface area contributed by atoms with Crippen molar-refractivity contribution in [1.82, 2.24) is 4.90 Å². The third-order valence-corrected chi connectivity index (χ3v) is 5.07. The van der Waals surface area contributed by atoms with Crippen LogP contribution in [0.5, 0.6) is 5.75 Å². The molecule has 2 amide bonds. The van der Waals surface area contributed by atoms with E-state index in [2.05, 4.69) is 10.6 Å². The van der Waals surface area contributed by atoms with Crippen molar-refractivity contribution < 1.29 is 29.0 Å². The Hall–Kier alpha value is -3.07. The summed E-state index contributed by atoms with van der Waals surface area (Å²) < 4.78 is 10.4. The van der Waals surface area contributed by atoms with Gasteiger partial charge >= 0.3 is 5.97 Å². The lowest BCUT2D eigenvalue weighted by Crippen LogP contribution is -2.31. The predicted molar refractivity (Wildman–Crippen MR) is 101 cm³/mol. The van der Waals surface area contributed by atoms with E-state index in [0.29, 0.717) is 22.7 Å². The van der Waals surface area contributed by atoms with Gasteiger partial charge in [0.25, 0.3) is 11.8 Å². The third-order valence-electron chi connectivity index (χ3n) is 5.07. The molecule has 2 aliphatic rings. The predicted octanol–water partition coefficient (Wildman–Crippen LogP) is 0.616. The summed E-state index contributed by atoms with van der Waals surface area (Å²) in [5.41, 5.74) is 3.79. The second-order valence-corrected chi connectivity index (χ2v) is 6.71. The van der Waals surface area contributed by atoms with Crippen LogP contribution in [0, 0.1) is 20.8 Å². The molecule has 0 aromatic heterocycles. The maximum absolute atomic E-state index is 12.8. The van der Waals surface area contributed by atoms with E-state index in [0.717, 1.165) is 11.1 Å². The molecule has 2 aliphatic heterocycles. The molecule has 150 valence electrons. The summed E-state index contributed by atoms with van der Waals surface area (Å²) in [5, 5.41) is 15.1. The van der Waals surface area contributed by atoms with Crippen LogP contribution in [-0.2, 0) is 19.1 Å². The molecule has 9 heteroatoms. The van der Waals surface area contributed by atoms with Gasteiger partial charge in [0.15, 0.2) is 6.61 Å². The number of methoxy groups -OCH3 is 1. The topological polar surface area (TPSA) is 117 Å². The van der Waals surface area contributed by atoms with E-state index in [-0.39, 0.29) is 43.5 Å². The van der Waals surface area contributed by atoms with Crippen LogP contribution < -0.4 is 15.4 Å². The van der Waals surface area contributed by atoms with Gasteiger partial charge in [0.2, 0.25) is 0 Å². The Bertz CT molecular complexity index is 906. The first-order chi connectivity index (χ1) is 13.3. The van der Waals surface area contributed by atoms with Crippen LogP contribution >= 0.6 is 0 Å². The Labute approximate surface area is 162 Å². The fourth-order valence-electron chi connectivity index (χ4n) is 3.43. The normalized spacial score (nSPS) is 16.0. The monoisotopic (exact) mass is 389 g/mol. The third kappa shape index (κ3) is 3.18. The Morgan fingerprint density at radius 2 is 1.96 bits per heavy atom. The lowest BCUT2D eigenvalue weighted by Gasteiger charge is -2.26. The van der Waals surface area contributed by atoms with Gasteiger partial charge in [-0.2, -0.15) is 0 Å².